The number of fused-ring (bicyclic) bond motifs is 3. The van der Waals surface area contributed by atoms with Gasteiger partial charge >= 0.3 is 0 Å². The van der Waals surface area contributed by atoms with Crippen LogP contribution in [0.4, 0.5) is 5.69 Å². The average molecular weight is 401 g/mol. The monoisotopic (exact) mass is 400 g/mol. The van der Waals surface area contributed by atoms with Crippen LogP contribution in [0.25, 0.3) is 21.8 Å². The van der Waals surface area contributed by atoms with Crippen LogP contribution in [0.3, 0.4) is 0 Å². The minimum absolute atomic E-state index is 0.129. The number of carbonyl (C=O) groups is 1. The zero-order valence-electron chi connectivity index (χ0n) is 17.8. The summed E-state index contributed by atoms with van der Waals surface area (Å²) in [4.78, 5) is 12.9. The Labute approximate surface area is 177 Å². The number of hydrogen-bond acceptors (Lipinski definition) is 2. The van der Waals surface area contributed by atoms with E-state index in [1.807, 2.05) is 37.3 Å². The Morgan fingerprint density at radius 2 is 1.67 bits per heavy atom. The molecule has 0 saturated carbocycles. The third kappa shape index (κ3) is 3.78. The normalized spacial score (nSPS) is 12.2. The molecule has 1 aromatic heterocycles. The highest BCUT2D eigenvalue weighted by Gasteiger charge is 2.19. The second-order valence-corrected chi connectivity index (χ2v) is 7.49. The molecule has 1 heterocycles. The van der Waals surface area contributed by atoms with Crippen LogP contribution >= 0.6 is 0 Å². The summed E-state index contributed by atoms with van der Waals surface area (Å²) < 4.78 is 8.26. The van der Waals surface area contributed by atoms with Crippen LogP contribution in [0, 0.1) is 0 Å². The molecule has 154 valence electrons. The number of amides is 1. The number of rotatable bonds is 7. The minimum Gasteiger partial charge on any atom is -0.481 e. The summed E-state index contributed by atoms with van der Waals surface area (Å²) in [6.07, 6.45) is 1.04. The third-order valence-corrected chi connectivity index (χ3v) is 5.63. The quantitative estimate of drug-likeness (QED) is 0.403. The molecule has 4 nitrogen and oxygen atoms in total. The summed E-state index contributed by atoms with van der Waals surface area (Å²) in [6, 6.07) is 22.4. The average Bonchev–Trinajstić information content (AvgIpc) is 3.10. The molecular formula is C26H28N2O2. The topological polar surface area (TPSA) is 43.3 Å². The van der Waals surface area contributed by atoms with Gasteiger partial charge in [0.25, 0.3) is 5.91 Å². The van der Waals surface area contributed by atoms with Gasteiger partial charge in [0.05, 0.1) is 0 Å². The molecule has 3 aromatic carbocycles. The maximum Gasteiger partial charge on any atom is 0.265 e. The standard InChI is InChI=1S/C26H28N2O2/c1-4-18-11-14-20(15-12-18)30-25(5-2)26(29)27-19-13-16-24-22(17-19)21-9-7-8-10-23(21)28(24)6-3/h7-17,25H,4-6H2,1-3H3,(H,27,29). The van der Waals surface area contributed by atoms with E-state index in [4.69, 9.17) is 4.74 Å². The Bertz CT molecular complexity index is 1180. The Morgan fingerprint density at radius 1 is 0.933 bits per heavy atom. The number of ether oxygens (including phenoxy) is 1. The summed E-state index contributed by atoms with van der Waals surface area (Å²) in [5.74, 6) is 0.589. The van der Waals surface area contributed by atoms with E-state index < -0.39 is 6.10 Å². The molecule has 4 heteroatoms. The van der Waals surface area contributed by atoms with Gasteiger partial charge in [0.2, 0.25) is 0 Å². The highest BCUT2D eigenvalue weighted by Crippen LogP contribution is 2.31. The van der Waals surface area contributed by atoms with Crippen molar-refractivity contribution >= 4 is 33.4 Å². The highest BCUT2D eigenvalue weighted by molar-refractivity contribution is 6.10. The second kappa shape index (κ2) is 8.62. The van der Waals surface area contributed by atoms with Gasteiger partial charge in [-0.15, -0.1) is 0 Å². The lowest BCUT2D eigenvalue weighted by Crippen LogP contribution is -2.32. The predicted octanol–water partition coefficient (Wildman–Crippen LogP) is 6.17. The molecule has 0 fully saturated rings. The SMILES string of the molecule is CCc1ccc(OC(CC)C(=O)Nc2ccc3c(c2)c2ccccc2n3CC)cc1. The van der Waals surface area contributed by atoms with Crippen molar-refractivity contribution in [3.05, 3.63) is 72.3 Å². The van der Waals surface area contributed by atoms with Gasteiger partial charge in [-0.3, -0.25) is 4.79 Å². The molecule has 0 aliphatic carbocycles. The molecule has 0 aliphatic heterocycles. The van der Waals surface area contributed by atoms with Gasteiger partial charge in [-0.1, -0.05) is 44.2 Å². The summed E-state index contributed by atoms with van der Waals surface area (Å²) in [5.41, 5.74) is 4.43. The van der Waals surface area contributed by atoms with Crippen LogP contribution in [-0.2, 0) is 17.8 Å². The number of hydrogen-bond donors (Lipinski definition) is 1. The van der Waals surface area contributed by atoms with Crippen molar-refractivity contribution in [3.63, 3.8) is 0 Å². The largest absolute Gasteiger partial charge is 0.481 e. The lowest BCUT2D eigenvalue weighted by molar-refractivity contribution is -0.122. The maximum atomic E-state index is 12.9. The van der Waals surface area contributed by atoms with Gasteiger partial charge in [-0.05, 0) is 61.7 Å². The Hall–Kier alpha value is -3.27. The van der Waals surface area contributed by atoms with E-state index in [0.717, 1.165) is 29.8 Å². The number of anilines is 1. The van der Waals surface area contributed by atoms with E-state index in [1.165, 1.54) is 22.0 Å². The molecule has 1 amide bonds. The molecule has 0 saturated heterocycles. The first-order chi connectivity index (χ1) is 14.6. The molecule has 4 rings (SSSR count). The van der Waals surface area contributed by atoms with Crippen molar-refractivity contribution in [2.24, 2.45) is 0 Å². The van der Waals surface area contributed by atoms with Crippen LogP contribution in [0.2, 0.25) is 0 Å². The summed E-state index contributed by atoms with van der Waals surface area (Å²) in [6.45, 7) is 7.13. The van der Waals surface area contributed by atoms with E-state index in [2.05, 4.69) is 60.1 Å². The van der Waals surface area contributed by atoms with Gasteiger partial charge in [-0.2, -0.15) is 0 Å². The van der Waals surface area contributed by atoms with Crippen molar-refractivity contribution in [1.29, 1.82) is 0 Å². The maximum absolute atomic E-state index is 12.9. The van der Waals surface area contributed by atoms with Gasteiger partial charge in [0.15, 0.2) is 6.10 Å². The Kier molecular flexibility index (Phi) is 5.75. The predicted molar refractivity (Wildman–Crippen MR) is 124 cm³/mol. The molecule has 1 unspecified atom stereocenters. The lowest BCUT2D eigenvalue weighted by Gasteiger charge is -2.17. The molecule has 4 aromatic rings. The molecule has 0 bridgehead atoms. The van der Waals surface area contributed by atoms with E-state index in [-0.39, 0.29) is 5.91 Å². The van der Waals surface area contributed by atoms with Crippen molar-refractivity contribution < 1.29 is 9.53 Å². The molecule has 0 radical (unpaired) electrons. The van der Waals surface area contributed by atoms with Crippen LogP contribution in [0.15, 0.2) is 66.7 Å². The fourth-order valence-electron chi connectivity index (χ4n) is 3.99. The van der Waals surface area contributed by atoms with Gasteiger partial charge in [-0.25, -0.2) is 0 Å². The highest BCUT2D eigenvalue weighted by atomic mass is 16.5. The molecular weight excluding hydrogens is 372 g/mol. The Balaban J connectivity index is 1.57. The fourth-order valence-corrected chi connectivity index (χ4v) is 3.99. The zero-order chi connectivity index (χ0) is 21.1. The smallest absolute Gasteiger partial charge is 0.265 e. The Morgan fingerprint density at radius 3 is 2.37 bits per heavy atom. The van der Waals surface area contributed by atoms with E-state index in [1.54, 1.807) is 0 Å². The number of nitrogens with one attached hydrogen (secondary N) is 1. The summed E-state index contributed by atoms with van der Waals surface area (Å²) in [7, 11) is 0. The van der Waals surface area contributed by atoms with Crippen LogP contribution in [-0.4, -0.2) is 16.6 Å². The van der Waals surface area contributed by atoms with Crippen molar-refractivity contribution in [2.75, 3.05) is 5.32 Å². The molecule has 1 atom stereocenters. The number of carbonyl (C=O) groups excluding carboxylic acids is 1. The molecule has 1 N–H and O–H groups in total. The van der Waals surface area contributed by atoms with Crippen LogP contribution in [0.1, 0.15) is 32.8 Å². The first-order valence-corrected chi connectivity index (χ1v) is 10.7. The number of aryl methyl sites for hydroxylation is 2. The minimum atomic E-state index is -0.537. The van der Waals surface area contributed by atoms with Crippen LogP contribution in [0.5, 0.6) is 5.75 Å². The van der Waals surface area contributed by atoms with Gasteiger partial charge < -0.3 is 14.6 Å². The number of benzene rings is 3. The first kappa shape index (κ1) is 20.0. The van der Waals surface area contributed by atoms with Crippen molar-refractivity contribution in [3.8, 4) is 5.75 Å². The number of aromatic nitrogens is 1. The lowest BCUT2D eigenvalue weighted by atomic mass is 10.1. The van der Waals surface area contributed by atoms with Gasteiger partial charge in [0.1, 0.15) is 5.75 Å². The van der Waals surface area contributed by atoms with E-state index >= 15 is 0 Å². The summed E-state index contributed by atoms with van der Waals surface area (Å²) >= 11 is 0. The molecule has 0 spiro atoms. The fraction of sp³-hybridized carbons (Fsp3) is 0.269. The van der Waals surface area contributed by atoms with Crippen molar-refractivity contribution in [1.82, 2.24) is 4.57 Å². The zero-order valence-corrected chi connectivity index (χ0v) is 17.8. The van der Waals surface area contributed by atoms with Gasteiger partial charge in [0, 0.05) is 34.0 Å². The number of nitrogens with zero attached hydrogens (tertiary/aromatic N) is 1. The molecule has 0 aliphatic rings. The van der Waals surface area contributed by atoms with Crippen molar-refractivity contribution in [2.45, 2.75) is 46.3 Å². The second-order valence-electron chi connectivity index (χ2n) is 7.49. The van der Waals surface area contributed by atoms with E-state index in [9.17, 15) is 4.79 Å². The van der Waals surface area contributed by atoms with E-state index in [0.29, 0.717) is 6.42 Å². The van der Waals surface area contributed by atoms with Crippen LogP contribution < -0.4 is 10.1 Å². The first-order valence-electron chi connectivity index (χ1n) is 10.7. The molecule has 30 heavy (non-hydrogen) atoms. The summed E-state index contributed by atoms with van der Waals surface area (Å²) in [5, 5.41) is 5.39. The number of para-hydroxylation sites is 1. The third-order valence-electron chi connectivity index (χ3n) is 5.63.